The van der Waals surface area contributed by atoms with Gasteiger partial charge in [-0.05, 0) is 153 Å². The fraction of sp³-hybridized carbons (Fsp3) is 0.360. The van der Waals surface area contributed by atoms with Crippen molar-refractivity contribution in [2.75, 3.05) is 0 Å². The van der Waals surface area contributed by atoms with E-state index < -0.39 is 87.9 Å². The first-order valence-corrected chi connectivity index (χ1v) is 40.5. The maximum Gasteiger partial charge on any atom is 2.00 e. The van der Waals surface area contributed by atoms with Crippen LogP contribution in [0.1, 0.15) is 141 Å². The first-order chi connectivity index (χ1) is 55.6. The van der Waals surface area contributed by atoms with Gasteiger partial charge in [-0.25, -0.2) is 13.8 Å². The van der Waals surface area contributed by atoms with Crippen molar-refractivity contribution in [3.05, 3.63) is 283 Å². The average molecular weight is 1800 g/mol. The summed E-state index contributed by atoms with van der Waals surface area (Å²) in [4.78, 5) is 88.5. The molecule has 0 aliphatic rings. The number of nitrogens with one attached hydrogen (secondary N) is 5. The molecule has 34 heteroatoms. The second-order valence-corrected chi connectivity index (χ2v) is 31.4. The molecule has 120 heavy (non-hydrogen) atoms. The molecule has 6 unspecified atom stereocenters. The molecular weight excluding hydrogens is 1690 g/mol. The summed E-state index contributed by atoms with van der Waals surface area (Å²) in [7, 11) is -3.79. The van der Waals surface area contributed by atoms with Gasteiger partial charge in [0.05, 0.1) is 46.6 Å². The van der Waals surface area contributed by atoms with E-state index in [-0.39, 0.29) is 132 Å². The molecule has 11 N–H and O–H groups in total. The van der Waals surface area contributed by atoms with Crippen LogP contribution in [0.5, 0.6) is 0 Å². The van der Waals surface area contributed by atoms with Crippen LogP contribution in [0.2, 0.25) is 49.2 Å². The molecular formula is C86H111B5BrCl4F2MgN7O14. The number of Topliss-reactive ketones (excluding diaryl/α,β-unsaturated/α-hetero) is 3. The van der Waals surface area contributed by atoms with Crippen LogP contribution in [-0.2, 0) is 40.1 Å². The number of carbonyl (C=O) groups is 6. The SMILES string of the molecule is CB(O)NC(C(=O)C(Cc1ccccc1)C(=O)c1ccc(Cl)cc1F)C(C)C.CB(O)NC(C(=O)CCc1ccccc1)C(C)C.CB(O)NC(C(=O)O)C(C)C.CB(O)NC(C(=O)n1ccnc1)C(C)C.CB(O)NC(c1oc2cc(Cl)ccc2c(=O)c1Cc1ccccc1)C(C)C.O=C(Cl)c1ccc(Cl)cc1F.[Br-].[CH2-]Cc1ccccc1.[Mg+2]. The van der Waals surface area contributed by atoms with E-state index >= 15 is 0 Å². The van der Waals surface area contributed by atoms with Gasteiger partial charge in [0, 0.05) is 51.9 Å². The number of carbonyl (C=O) groups excluding carboxylic acids is 5. The number of aliphatic carboxylic acids is 1. The van der Waals surface area contributed by atoms with Gasteiger partial charge >= 0.3 is 64.3 Å². The second kappa shape index (κ2) is 58.2. The fourth-order valence-electron chi connectivity index (χ4n) is 11.8. The first kappa shape index (κ1) is 111. The molecule has 6 atom stereocenters. The molecule has 0 amide bonds. The van der Waals surface area contributed by atoms with E-state index in [4.69, 9.17) is 61.0 Å². The van der Waals surface area contributed by atoms with Crippen molar-refractivity contribution in [2.24, 2.45) is 35.5 Å². The number of halogens is 7. The van der Waals surface area contributed by atoms with Crippen LogP contribution in [0.25, 0.3) is 11.0 Å². The van der Waals surface area contributed by atoms with E-state index in [9.17, 15) is 62.4 Å². The Hall–Kier alpha value is -7.03. The summed E-state index contributed by atoms with van der Waals surface area (Å²) < 4.78 is 34.7. The number of hydrogen-bond acceptors (Lipinski definition) is 19. The van der Waals surface area contributed by atoms with Crippen LogP contribution < -0.4 is 48.5 Å². The van der Waals surface area contributed by atoms with Crippen molar-refractivity contribution in [1.29, 1.82) is 0 Å². The minimum Gasteiger partial charge on any atom is -1.00 e. The minimum atomic E-state index is -1.09. The standard InChI is InChI=1S/C21H24BClFNO3.C21H23BClNO3.C14H22BNO2.C9H16BN3O2.C8H9.C7H3Cl2FO.C6H14BNO3.BrH.Mg/c1-13(2)19(25-22(3)28)21(27)17(11-14-7-5-4-6-8-14)20(26)16-10-9-15(23)12-18(16)24;1-13(2)19(24-22(3)26)21-17(11-14-7-5-4-6-8-14)20(25)16-10-9-15(23)12-18(16)27-21;1-11(2)14(16-15(3)18)13(17)10-9-12-7-5-4-6-8-12;1-7(2)8(12-10(3)15)9(14)13-5-4-11-6-13;1-2-8-6-4-3-5-7-8;8-4-1-2-5(7(9)11)6(10)3-4;1-4(2)5(6(9)10)8-7(3)11;;/h4-10,12-13,17,19,25,28H,11H2,1-3H3;4-10,12-13,19,24,26H,11H2,1-3H3;4-8,11,14,16,18H,9-10H2,1-3H3;4-8,12,15H,1-3H3;3-7H,1-2H2;1-3H;4-5,8,11H,1-3H3,(H,9,10);1H;/q;;;;-1;;;;+2/p-1. The normalized spacial score (nSPS) is 12.1. The zero-order valence-electron chi connectivity index (χ0n) is 70.7. The molecule has 21 nitrogen and oxygen atoms in total. The Kier molecular flexibility index (Phi) is 53.8. The fourth-order valence-corrected chi connectivity index (χ4v) is 12.5. The summed E-state index contributed by atoms with van der Waals surface area (Å²) in [6.07, 6.45) is 7.37. The van der Waals surface area contributed by atoms with Gasteiger partial charge in [-0.1, -0.05) is 231 Å². The number of fused-ring (bicyclic) bond motifs is 1. The van der Waals surface area contributed by atoms with Crippen molar-refractivity contribution in [1.82, 2.24) is 35.7 Å². The smallest absolute Gasteiger partial charge is 1.00 e. The summed E-state index contributed by atoms with van der Waals surface area (Å²) in [5.74, 6) is -3.63. The predicted octanol–water partition coefficient (Wildman–Crippen LogP) is 11.7. The molecule has 9 rings (SSSR count). The van der Waals surface area contributed by atoms with Gasteiger partial charge in [-0.2, -0.15) is 6.42 Å². The Labute approximate surface area is 753 Å². The third-order valence-electron chi connectivity index (χ3n) is 17.8. The topological polar surface area (TPSA) is 332 Å². The van der Waals surface area contributed by atoms with E-state index in [0.717, 1.165) is 36.1 Å². The van der Waals surface area contributed by atoms with Gasteiger partial charge in [0.25, 0.3) is 5.24 Å². The number of hydrogen-bond donors (Lipinski definition) is 11. The number of ketones is 3. The first-order valence-electron chi connectivity index (χ1n) is 38.9. The third-order valence-corrected chi connectivity index (χ3v) is 18.7. The summed E-state index contributed by atoms with van der Waals surface area (Å²) in [6, 6.07) is 49.3. The zero-order chi connectivity index (χ0) is 88.6. The molecule has 2 aromatic heterocycles. The summed E-state index contributed by atoms with van der Waals surface area (Å²) >= 11 is 22.4. The minimum absolute atomic E-state index is 0. The number of aromatic nitrogens is 2. The van der Waals surface area contributed by atoms with Crippen molar-refractivity contribution in [3.63, 3.8) is 0 Å². The van der Waals surface area contributed by atoms with Gasteiger partial charge in [0.15, 0.2) is 17.0 Å². The van der Waals surface area contributed by atoms with E-state index in [2.05, 4.69) is 50.2 Å². The third kappa shape index (κ3) is 40.5. The molecule has 0 saturated carbocycles. The van der Waals surface area contributed by atoms with Crippen molar-refractivity contribution in [2.45, 2.75) is 166 Å². The van der Waals surface area contributed by atoms with Gasteiger partial charge < -0.3 is 84.7 Å². The number of nitrogens with zero attached hydrogens (tertiary/aromatic N) is 2. The number of benzene rings is 7. The molecule has 0 aliphatic carbocycles. The molecule has 0 fully saturated rings. The summed E-state index contributed by atoms with van der Waals surface area (Å²) in [6.45, 7) is 30.7. The van der Waals surface area contributed by atoms with Crippen LogP contribution in [0.3, 0.4) is 0 Å². The molecule has 0 bridgehead atoms. The molecule has 640 valence electrons. The number of carboxylic acid groups (broad SMARTS) is 1. The molecule has 0 saturated heterocycles. The van der Waals surface area contributed by atoms with E-state index in [0.29, 0.717) is 40.2 Å². The number of carboxylic acids is 1. The Morgan fingerprint density at radius 1 is 0.525 bits per heavy atom. The molecule has 0 spiro atoms. The summed E-state index contributed by atoms with van der Waals surface area (Å²) in [5, 5.41) is 70.5. The maximum atomic E-state index is 14.4. The number of rotatable bonds is 32. The molecule has 2 heterocycles. The Balaban J connectivity index is 0.000000726. The van der Waals surface area contributed by atoms with Crippen molar-refractivity contribution < 1.29 is 89.2 Å². The van der Waals surface area contributed by atoms with Gasteiger partial charge in [-0.15, -0.1) is 0 Å². The maximum absolute atomic E-state index is 14.4. The monoisotopic (exact) mass is 1800 g/mol. The van der Waals surface area contributed by atoms with Crippen LogP contribution in [0, 0.1) is 54.1 Å². The largest absolute Gasteiger partial charge is 2.00 e. The Morgan fingerprint density at radius 2 is 0.933 bits per heavy atom. The van der Waals surface area contributed by atoms with E-state index in [1.807, 2.05) is 165 Å². The van der Waals surface area contributed by atoms with Crippen molar-refractivity contribution in [3.8, 4) is 0 Å². The Morgan fingerprint density at radius 3 is 1.32 bits per heavy atom. The van der Waals surface area contributed by atoms with Gasteiger partial charge in [0.2, 0.25) is 5.91 Å². The van der Waals surface area contributed by atoms with E-state index in [1.165, 1.54) is 59.9 Å². The molecule has 0 radical (unpaired) electrons. The van der Waals surface area contributed by atoms with Crippen LogP contribution in [0.4, 0.5) is 8.78 Å². The summed E-state index contributed by atoms with van der Waals surface area (Å²) in [5.41, 5.74) is 4.96. The van der Waals surface area contributed by atoms with Crippen LogP contribution in [-0.4, -0.2) is 157 Å². The van der Waals surface area contributed by atoms with Gasteiger partial charge in [0.1, 0.15) is 41.1 Å². The second-order valence-electron chi connectivity index (χ2n) is 29.8. The van der Waals surface area contributed by atoms with Gasteiger partial charge in [-0.3, -0.25) is 38.1 Å². The van der Waals surface area contributed by atoms with Crippen LogP contribution in [0.15, 0.2) is 204 Å². The predicted molar refractivity (Wildman–Crippen MR) is 481 cm³/mol. The average Bonchev–Trinajstić information content (AvgIpc) is 0.863. The van der Waals surface area contributed by atoms with Crippen molar-refractivity contribution >= 4 is 150 Å². The molecule has 0 aliphatic heterocycles. The molecule has 7 aromatic carbocycles. The quantitative estimate of drug-likeness (QED) is 0.00613. The number of imidazole rings is 1. The molecule has 9 aromatic rings. The van der Waals surface area contributed by atoms with Crippen LogP contribution >= 0.6 is 46.4 Å². The van der Waals surface area contributed by atoms with E-state index in [1.54, 1.807) is 64.9 Å². The number of aryl methyl sites for hydroxylation is 1. The Bertz CT molecular complexity index is 4590. The zero-order valence-corrected chi connectivity index (χ0v) is 76.7.